The fourth-order valence-corrected chi connectivity index (χ4v) is 4.26. The minimum absolute atomic E-state index is 0.205. The Morgan fingerprint density at radius 1 is 0.762 bits per heavy atom. The number of esters is 1. The zero-order valence-electron chi connectivity index (χ0n) is 22.6. The first-order valence-electron chi connectivity index (χ1n) is 12.9. The van der Waals surface area contributed by atoms with E-state index in [-0.39, 0.29) is 22.9 Å². The molecule has 0 aliphatic carbocycles. The van der Waals surface area contributed by atoms with Crippen molar-refractivity contribution in [2.45, 2.75) is 12.5 Å². The van der Waals surface area contributed by atoms with Gasteiger partial charge in [0.1, 0.15) is 5.75 Å². The first-order chi connectivity index (χ1) is 20.3. The molecule has 4 aromatic carbocycles. The van der Waals surface area contributed by atoms with Gasteiger partial charge in [-0.2, -0.15) is 0 Å². The maximum Gasteiger partial charge on any atom is 0.308 e. The van der Waals surface area contributed by atoms with Crippen LogP contribution in [0.15, 0.2) is 103 Å². The lowest BCUT2D eigenvalue weighted by atomic mass is 10.0. The summed E-state index contributed by atoms with van der Waals surface area (Å²) >= 11 is 6.15. The largest absolute Gasteiger partial charge is 0.495 e. The van der Waals surface area contributed by atoms with Crippen molar-refractivity contribution in [1.82, 2.24) is 5.32 Å². The number of amides is 3. The predicted octanol–water partition coefficient (Wildman–Crippen LogP) is 5.64. The summed E-state index contributed by atoms with van der Waals surface area (Å²) < 4.78 is 10.4. The summed E-state index contributed by atoms with van der Waals surface area (Å²) in [6.07, 6.45) is -0.205. The molecule has 0 spiro atoms. The molecule has 0 heterocycles. The van der Waals surface area contributed by atoms with Gasteiger partial charge in [-0.1, -0.05) is 66.2 Å². The fraction of sp³-hybridized carbons (Fsp3) is 0.125. The predicted molar refractivity (Wildman–Crippen MR) is 160 cm³/mol. The van der Waals surface area contributed by atoms with Crippen molar-refractivity contribution >= 4 is 46.7 Å². The highest BCUT2D eigenvalue weighted by Crippen LogP contribution is 2.24. The van der Waals surface area contributed by atoms with Crippen LogP contribution in [0.25, 0.3) is 0 Å². The Labute approximate surface area is 247 Å². The Morgan fingerprint density at radius 3 is 2.14 bits per heavy atom. The summed E-state index contributed by atoms with van der Waals surface area (Å²) in [7, 11) is 1.52. The lowest BCUT2D eigenvalue weighted by Gasteiger charge is -2.19. The second kappa shape index (κ2) is 14.5. The molecule has 4 rings (SSSR count). The van der Waals surface area contributed by atoms with Crippen LogP contribution >= 0.6 is 11.6 Å². The van der Waals surface area contributed by atoms with Gasteiger partial charge in [0.05, 0.1) is 35.8 Å². The van der Waals surface area contributed by atoms with Crippen LogP contribution in [0.2, 0.25) is 5.02 Å². The van der Waals surface area contributed by atoms with Crippen LogP contribution in [0.4, 0.5) is 11.4 Å². The average molecular weight is 586 g/mol. The van der Waals surface area contributed by atoms with E-state index in [0.717, 1.165) is 0 Å². The number of nitrogens with one attached hydrogen (secondary N) is 3. The van der Waals surface area contributed by atoms with E-state index >= 15 is 0 Å². The van der Waals surface area contributed by atoms with Gasteiger partial charge in [-0.25, -0.2) is 0 Å². The number of para-hydroxylation sites is 2. The molecule has 42 heavy (non-hydrogen) atoms. The molecule has 0 aliphatic rings. The van der Waals surface area contributed by atoms with Crippen molar-refractivity contribution in [1.29, 1.82) is 0 Å². The van der Waals surface area contributed by atoms with E-state index in [4.69, 9.17) is 21.1 Å². The lowest BCUT2D eigenvalue weighted by Crippen LogP contribution is -2.31. The van der Waals surface area contributed by atoms with Crippen LogP contribution < -0.4 is 20.7 Å². The van der Waals surface area contributed by atoms with Crippen LogP contribution in [-0.2, 0) is 14.3 Å². The third-order valence-corrected chi connectivity index (χ3v) is 6.48. The topological polar surface area (TPSA) is 123 Å². The molecule has 0 radical (unpaired) electrons. The Bertz CT molecular complexity index is 1560. The van der Waals surface area contributed by atoms with Gasteiger partial charge in [0.15, 0.2) is 6.61 Å². The number of anilines is 2. The molecule has 9 nitrogen and oxygen atoms in total. The molecular formula is C32H28ClN3O6. The van der Waals surface area contributed by atoms with Gasteiger partial charge >= 0.3 is 5.97 Å². The van der Waals surface area contributed by atoms with Crippen LogP contribution in [0.3, 0.4) is 0 Å². The molecule has 0 aliphatic heterocycles. The highest BCUT2D eigenvalue weighted by Gasteiger charge is 2.22. The summed E-state index contributed by atoms with van der Waals surface area (Å²) in [6.45, 7) is -0.533. The zero-order chi connectivity index (χ0) is 29.9. The van der Waals surface area contributed by atoms with Crippen molar-refractivity contribution in [3.63, 3.8) is 0 Å². The van der Waals surface area contributed by atoms with E-state index < -0.39 is 30.4 Å². The monoisotopic (exact) mass is 585 g/mol. The number of halogens is 1. The normalized spacial score (nSPS) is 11.1. The van der Waals surface area contributed by atoms with Gasteiger partial charge in [0, 0.05) is 11.3 Å². The molecule has 1 atom stereocenters. The van der Waals surface area contributed by atoms with Crippen LogP contribution in [-0.4, -0.2) is 37.4 Å². The summed E-state index contributed by atoms with van der Waals surface area (Å²) in [4.78, 5) is 50.5. The third kappa shape index (κ3) is 8.18. The standard InChI is InChI=1S/C32H28ClN3O6/c1-41-28-14-8-7-13-26(28)35-31(39)22-15-17-23(18-16-22)34-29(37)20-42-30(38)19-27(21-9-3-2-4-10-21)36-32(40)24-11-5-6-12-25(24)33/h2-18,27H,19-20H2,1H3,(H,34,37)(H,35,39)(H,36,40)/t27-/m0/s1. The van der Waals surface area contributed by atoms with E-state index in [9.17, 15) is 19.2 Å². The first kappa shape index (κ1) is 29.8. The van der Waals surface area contributed by atoms with Gasteiger partial charge in [-0.3, -0.25) is 19.2 Å². The molecule has 0 saturated heterocycles. The molecule has 4 aromatic rings. The van der Waals surface area contributed by atoms with E-state index in [1.807, 2.05) is 6.07 Å². The zero-order valence-corrected chi connectivity index (χ0v) is 23.4. The minimum atomic E-state index is -0.708. The Kier molecular flexibility index (Phi) is 10.3. The third-order valence-electron chi connectivity index (χ3n) is 6.15. The van der Waals surface area contributed by atoms with Gasteiger partial charge in [-0.15, -0.1) is 0 Å². The number of hydrogen-bond donors (Lipinski definition) is 3. The summed E-state index contributed by atoms with van der Waals surface area (Å²) in [5, 5.41) is 8.51. The number of methoxy groups -OCH3 is 1. The first-order valence-corrected chi connectivity index (χ1v) is 13.3. The number of carbonyl (C=O) groups is 4. The smallest absolute Gasteiger partial charge is 0.308 e. The van der Waals surface area contributed by atoms with Crippen molar-refractivity contribution in [2.24, 2.45) is 0 Å². The molecule has 0 unspecified atom stereocenters. The maximum absolute atomic E-state index is 12.8. The lowest BCUT2D eigenvalue weighted by molar-refractivity contribution is -0.147. The Hall–Kier alpha value is -5.15. The van der Waals surface area contributed by atoms with Crippen molar-refractivity contribution in [2.75, 3.05) is 24.4 Å². The van der Waals surface area contributed by atoms with Gasteiger partial charge in [0.25, 0.3) is 17.7 Å². The number of hydrogen-bond acceptors (Lipinski definition) is 6. The van der Waals surface area contributed by atoms with E-state index in [0.29, 0.717) is 28.3 Å². The fourth-order valence-electron chi connectivity index (χ4n) is 4.03. The van der Waals surface area contributed by atoms with Crippen LogP contribution in [0, 0.1) is 0 Å². The molecule has 3 amide bonds. The molecule has 0 bridgehead atoms. The molecular weight excluding hydrogens is 558 g/mol. The number of ether oxygens (including phenoxy) is 2. The van der Waals surface area contributed by atoms with E-state index in [1.165, 1.54) is 7.11 Å². The molecule has 0 saturated carbocycles. The van der Waals surface area contributed by atoms with E-state index in [2.05, 4.69) is 16.0 Å². The van der Waals surface area contributed by atoms with Crippen molar-refractivity contribution in [3.05, 3.63) is 125 Å². The second-order valence-corrected chi connectivity index (χ2v) is 9.47. The summed E-state index contributed by atoms with van der Waals surface area (Å²) in [5.41, 5.74) is 2.28. The Morgan fingerprint density at radius 2 is 1.43 bits per heavy atom. The molecule has 10 heteroatoms. The number of benzene rings is 4. The van der Waals surface area contributed by atoms with Crippen LogP contribution in [0.1, 0.15) is 38.7 Å². The summed E-state index contributed by atoms with van der Waals surface area (Å²) in [5.74, 6) is -1.50. The van der Waals surface area contributed by atoms with Crippen molar-refractivity contribution < 1.29 is 28.7 Å². The maximum atomic E-state index is 12.8. The average Bonchev–Trinajstić information content (AvgIpc) is 3.01. The quantitative estimate of drug-likeness (QED) is 0.196. The molecule has 214 valence electrons. The molecule has 3 N–H and O–H groups in total. The van der Waals surface area contributed by atoms with E-state index in [1.54, 1.807) is 97.1 Å². The SMILES string of the molecule is COc1ccccc1NC(=O)c1ccc(NC(=O)COC(=O)C[C@H](NC(=O)c2ccccc2Cl)c2ccccc2)cc1. The molecule has 0 fully saturated rings. The minimum Gasteiger partial charge on any atom is -0.495 e. The van der Waals surface area contributed by atoms with Gasteiger partial charge < -0.3 is 25.4 Å². The van der Waals surface area contributed by atoms with Gasteiger partial charge in [-0.05, 0) is 54.1 Å². The highest BCUT2D eigenvalue weighted by molar-refractivity contribution is 6.33. The molecule has 0 aromatic heterocycles. The van der Waals surface area contributed by atoms with Crippen LogP contribution in [0.5, 0.6) is 5.75 Å². The number of rotatable bonds is 11. The number of carbonyl (C=O) groups excluding carboxylic acids is 4. The van der Waals surface area contributed by atoms with Gasteiger partial charge in [0.2, 0.25) is 0 Å². The van der Waals surface area contributed by atoms with Crippen molar-refractivity contribution in [3.8, 4) is 5.75 Å². The highest BCUT2D eigenvalue weighted by atomic mass is 35.5. The summed E-state index contributed by atoms with van der Waals surface area (Å²) in [6, 6.07) is 28.1. The second-order valence-electron chi connectivity index (χ2n) is 9.06. The Balaban J connectivity index is 1.30.